The van der Waals surface area contributed by atoms with Gasteiger partial charge in [-0.15, -0.1) is 11.3 Å². The highest BCUT2D eigenvalue weighted by molar-refractivity contribution is 7.14. The summed E-state index contributed by atoms with van der Waals surface area (Å²) in [5.74, 6) is 1.33. The minimum absolute atomic E-state index is 0.222. The van der Waals surface area contributed by atoms with Crippen LogP contribution in [0.4, 0.5) is 15.6 Å². The van der Waals surface area contributed by atoms with E-state index >= 15 is 0 Å². The number of para-hydroxylation sites is 2. The van der Waals surface area contributed by atoms with E-state index in [9.17, 15) is 4.79 Å². The van der Waals surface area contributed by atoms with Crippen molar-refractivity contribution in [2.75, 3.05) is 23.9 Å². The van der Waals surface area contributed by atoms with Crippen LogP contribution >= 0.6 is 11.3 Å². The second-order valence-corrected chi connectivity index (χ2v) is 8.68. The second-order valence-electron chi connectivity index (χ2n) is 7.85. The van der Waals surface area contributed by atoms with Gasteiger partial charge in [0, 0.05) is 17.5 Å². The van der Waals surface area contributed by atoms with Crippen molar-refractivity contribution in [3.8, 4) is 17.0 Å². The van der Waals surface area contributed by atoms with Crippen molar-refractivity contribution in [1.29, 1.82) is 0 Å². The lowest BCUT2D eigenvalue weighted by Gasteiger charge is -2.22. The van der Waals surface area contributed by atoms with E-state index in [1.54, 1.807) is 12.0 Å². The van der Waals surface area contributed by atoms with Gasteiger partial charge in [0.15, 0.2) is 5.13 Å². The Balaban J connectivity index is 1.48. The number of nitrogens with one attached hydrogen (secondary N) is 1. The fourth-order valence-corrected chi connectivity index (χ4v) is 5.08. The summed E-state index contributed by atoms with van der Waals surface area (Å²) in [7, 11) is 1.59. The predicted octanol–water partition coefficient (Wildman–Crippen LogP) is 6.92. The molecular weight excluding hydrogens is 406 g/mol. The Bertz CT molecular complexity index is 1010. The number of carbonyl (C=O) groups is 1. The minimum atomic E-state index is -0.222. The molecule has 162 valence electrons. The first-order valence-corrected chi connectivity index (χ1v) is 11.8. The molecule has 0 saturated heterocycles. The van der Waals surface area contributed by atoms with Gasteiger partial charge < -0.3 is 10.1 Å². The van der Waals surface area contributed by atoms with Gasteiger partial charge in [-0.05, 0) is 43.4 Å². The summed E-state index contributed by atoms with van der Waals surface area (Å²) in [6, 6.07) is 16.0. The predicted molar refractivity (Wildman–Crippen MR) is 128 cm³/mol. The number of benzene rings is 2. The van der Waals surface area contributed by atoms with E-state index in [2.05, 4.69) is 29.6 Å². The third-order valence-electron chi connectivity index (χ3n) is 5.92. The molecule has 0 aliphatic heterocycles. The Morgan fingerprint density at radius 1 is 1.13 bits per heavy atom. The van der Waals surface area contributed by atoms with E-state index in [1.807, 2.05) is 36.6 Å². The van der Waals surface area contributed by atoms with Crippen LogP contribution in [-0.4, -0.2) is 24.7 Å². The fraction of sp³-hybridized carbons (Fsp3) is 0.360. The highest BCUT2D eigenvalue weighted by Gasteiger charge is 2.20. The van der Waals surface area contributed by atoms with E-state index in [0.717, 1.165) is 11.3 Å². The van der Waals surface area contributed by atoms with Crippen LogP contribution in [0, 0.1) is 0 Å². The molecule has 1 heterocycles. The molecule has 4 rings (SSSR count). The number of aromatic nitrogens is 1. The number of amides is 2. The summed E-state index contributed by atoms with van der Waals surface area (Å²) >= 11 is 1.48. The van der Waals surface area contributed by atoms with Crippen LogP contribution in [0.2, 0.25) is 0 Å². The highest BCUT2D eigenvalue weighted by Crippen LogP contribution is 2.34. The van der Waals surface area contributed by atoms with Crippen LogP contribution in [0.25, 0.3) is 11.3 Å². The van der Waals surface area contributed by atoms with Crippen molar-refractivity contribution >= 4 is 28.2 Å². The van der Waals surface area contributed by atoms with Crippen molar-refractivity contribution in [3.63, 3.8) is 0 Å². The Hall–Kier alpha value is -2.86. The Kier molecular flexibility index (Phi) is 6.87. The van der Waals surface area contributed by atoms with Gasteiger partial charge in [0.1, 0.15) is 5.75 Å². The average molecular weight is 436 g/mol. The normalized spacial score (nSPS) is 14.3. The molecule has 1 aromatic heterocycles. The number of rotatable bonds is 6. The number of hydrogen-bond donors (Lipinski definition) is 1. The molecule has 31 heavy (non-hydrogen) atoms. The molecule has 1 N–H and O–H groups in total. The zero-order valence-electron chi connectivity index (χ0n) is 18.1. The summed E-state index contributed by atoms with van der Waals surface area (Å²) in [4.78, 5) is 19.3. The lowest BCUT2D eigenvalue weighted by Crippen LogP contribution is -2.34. The van der Waals surface area contributed by atoms with Crippen molar-refractivity contribution in [3.05, 3.63) is 59.5 Å². The molecule has 1 aliphatic rings. The largest absolute Gasteiger partial charge is 0.495 e. The number of urea groups is 1. The minimum Gasteiger partial charge on any atom is -0.495 e. The molecule has 1 aliphatic carbocycles. The quantitative estimate of drug-likeness (QED) is 0.457. The molecular formula is C25H29N3O2S. The molecule has 0 atom stereocenters. The van der Waals surface area contributed by atoms with E-state index in [4.69, 9.17) is 9.72 Å². The highest BCUT2D eigenvalue weighted by atomic mass is 32.1. The Morgan fingerprint density at radius 2 is 1.87 bits per heavy atom. The third-order valence-corrected chi connectivity index (χ3v) is 6.78. The molecule has 5 nitrogen and oxygen atoms in total. The van der Waals surface area contributed by atoms with Gasteiger partial charge in [0.2, 0.25) is 0 Å². The molecule has 3 aromatic rings. The summed E-state index contributed by atoms with van der Waals surface area (Å²) in [5, 5.41) is 5.63. The van der Waals surface area contributed by atoms with E-state index in [-0.39, 0.29) is 6.03 Å². The van der Waals surface area contributed by atoms with Crippen molar-refractivity contribution in [1.82, 2.24) is 4.98 Å². The van der Waals surface area contributed by atoms with Gasteiger partial charge in [-0.3, -0.25) is 4.90 Å². The van der Waals surface area contributed by atoms with Gasteiger partial charge in [-0.25, -0.2) is 9.78 Å². The van der Waals surface area contributed by atoms with Crippen LogP contribution < -0.4 is 15.0 Å². The van der Waals surface area contributed by atoms with Gasteiger partial charge in [-0.2, -0.15) is 0 Å². The Labute approximate surface area is 188 Å². The molecule has 6 heteroatoms. The first-order chi connectivity index (χ1) is 15.2. The monoisotopic (exact) mass is 435 g/mol. The first-order valence-electron chi connectivity index (χ1n) is 11.0. The summed E-state index contributed by atoms with van der Waals surface area (Å²) in [6.45, 7) is 2.47. The molecule has 2 aromatic carbocycles. The summed E-state index contributed by atoms with van der Waals surface area (Å²) < 4.78 is 5.33. The number of carbonyl (C=O) groups excluding carboxylic acids is 1. The molecule has 2 amide bonds. The van der Waals surface area contributed by atoms with Gasteiger partial charge in [0.25, 0.3) is 0 Å². The average Bonchev–Trinajstić information content (AvgIpc) is 3.30. The number of thiazole rings is 1. The van der Waals surface area contributed by atoms with E-state index in [1.165, 1.54) is 49.0 Å². The maximum atomic E-state index is 12.9. The first kappa shape index (κ1) is 21.4. The second kappa shape index (κ2) is 9.96. The van der Waals surface area contributed by atoms with Crippen LogP contribution in [0.15, 0.2) is 53.9 Å². The molecule has 0 unspecified atom stereocenters. The van der Waals surface area contributed by atoms with Crippen molar-refractivity contribution in [2.45, 2.75) is 44.9 Å². The number of anilines is 2. The molecule has 0 bridgehead atoms. The number of ether oxygens (including phenoxy) is 1. The SMILES string of the molecule is CCN(C(=O)Nc1ccccc1OC)c1nc(-c2ccc(C3CCCCC3)cc2)cs1. The standard InChI is InChI=1S/C25H29N3O2S/c1-3-28(24(29)26-21-11-7-8-12-23(21)30-2)25-27-22(17-31-25)20-15-13-19(14-16-20)18-9-5-4-6-10-18/h7-8,11-18H,3-6,9-10H2,1-2H3,(H,26,29). The molecule has 0 radical (unpaired) electrons. The molecule has 0 spiro atoms. The smallest absolute Gasteiger partial charge is 0.328 e. The maximum Gasteiger partial charge on any atom is 0.328 e. The van der Waals surface area contributed by atoms with Gasteiger partial charge in [-0.1, -0.05) is 55.7 Å². The molecule has 1 fully saturated rings. The van der Waals surface area contributed by atoms with Crippen LogP contribution in [0.1, 0.15) is 50.5 Å². The van der Waals surface area contributed by atoms with Crippen molar-refractivity contribution in [2.24, 2.45) is 0 Å². The number of methoxy groups -OCH3 is 1. The number of hydrogen-bond acceptors (Lipinski definition) is 4. The topological polar surface area (TPSA) is 54.5 Å². The van der Waals surface area contributed by atoms with Gasteiger partial charge >= 0.3 is 6.03 Å². The number of nitrogens with zero attached hydrogens (tertiary/aromatic N) is 2. The van der Waals surface area contributed by atoms with Crippen LogP contribution in [0.3, 0.4) is 0 Å². The van der Waals surface area contributed by atoms with E-state index in [0.29, 0.717) is 29.0 Å². The zero-order chi connectivity index (χ0) is 21.6. The van der Waals surface area contributed by atoms with E-state index < -0.39 is 0 Å². The lowest BCUT2D eigenvalue weighted by molar-refractivity contribution is 0.257. The van der Waals surface area contributed by atoms with Gasteiger partial charge in [0.05, 0.1) is 18.5 Å². The molecule has 1 saturated carbocycles. The third kappa shape index (κ3) is 4.90. The Morgan fingerprint density at radius 3 is 2.58 bits per heavy atom. The summed E-state index contributed by atoms with van der Waals surface area (Å²) in [6.07, 6.45) is 6.64. The fourth-order valence-electron chi connectivity index (χ4n) is 4.18. The maximum absolute atomic E-state index is 12.9. The van der Waals surface area contributed by atoms with Crippen molar-refractivity contribution < 1.29 is 9.53 Å². The summed E-state index contributed by atoms with van der Waals surface area (Å²) in [5.41, 5.74) is 4.07. The lowest BCUT2D eigenvalue weighted by atomic mass is 9.84. The van der Waals surface area contributed by atoms with Crippen LogP contribution in [0.5, 0.6) is 5.75 Å². The van der Waals surface area contributed by atoms with Crippen LogP contribution in [-0.2, 0) is 0 Å². The zero-order valence-corrected chi connectivity index (χ0v) is 19.0.